The molecule has 2 heterocycles. The average Bonchev–Trinajstić information content (AvgIpc) is 3.04. The van der Waals surface area contributed by atoms with Gasteiger partial charge in [-0.1, -0.05) is 19.1 Å². The number of halogens is 2. The summed E-state index contributed by atoms with van der Waals surface area (Å²) in [4.78, 5) is 22.1. The number of fused-ring (bicyclic) bond motifs is 3. The lowest BCUT2D eigenvalue weighted by molar-refractivity contribution is -0.0512. The van der Waals surface area contributed by atoms with Crippen LogP contribution >= 0.6 is 11.3 Å². The van der Waals surface area contributed by atoms with E-state index in [-0.39, 0.29) is 17.1 Å². The van der Waals surface area contributed by atoms with Crippen LogP contribution in [0.25, 0.3) is 22.4 Å². The molecule has 8 heteroatoms. The van der Waals surface area contributed by atoms with E-state index in [2.05, 4.69) is 21.6 Å². The van der Waals surface area contributed by atoms with Crippen LogP contribution in [-0.4, -0.2) is 23.7 Å². The van der Waals surface area contributed by atoms with Crippen molar-refractivity contribution in [3.05, 3.63) is 50.4 Å². The van der Waals surface area contributed by atoms with Crippen molar-refractivity contribution >= 4 is 33.7 Å². The van der Waals surface area contributed by atoms with Gasteiger partial charge in [-0.25, -0.2) is 4.98 Å². The highest BCUT2D eigenvalue weighted by molar-refractivity contribution is 7.18. The predicted octanol–water partition coefficient (Wildman–Crippen LogP) is 4.89. The van der Waals surface area contributed by atoms with Crippen LogP contribution in [0.1, 0.15) is 35.2 Å². The standard InChI is InChI=1S/C21H20F2N2O3S/c1-11-3-6-13-16(9-11)29-20-18(13)19(26)24-17(25-20)8-5-12-4-7-14(28-21(22)23)15(10-12)27-2/h4-5,7-8,10-11,21H,3,6,9H2,1-2H3,(H,24,25,26)/b8-5+/t11-/m0/s1. The van der Waals surface area contributed by atoms with Gasteiger partial charge in [0, 0.05) is 4.88 Å². The number of ether oxygens (including phenoxy) is 2. The Morgan fingerprint density at radius 3 is 2.90 bits per heavy atom. The number of benzene rings is 1. The molecule has 0 unspecified atom stereocenters. The van der Waals surface area contributed by atoms with E-state index in [4.69, 9.17) is 4.74 Å². The zero-order chi connectivity index (χ0) is 20.5. The van der Waals surface area contributed by atoms with E-state index < -0.39 is 6.61 Å². The number of rotatable bonds is 5. The molecule has 1 aliphatic rings. The van der Waals surface area contributed by atoms with Gasteiger partial charge < -0.3 is 14.5 Å². The van der Waals surface area contributed by atoms with Gasteiger partial charge >= 0.3 is 6.61 Å². The quantitative estimate of drug-likeness (QED) is 0.641. The summed E-state index contributed by atoms with van der Waals surface area (Å²) in [5.41, 5.74) is 1.72. The Bertz CT molecular complexity index is 1140. The molecule has 1 atom stereocenters. The number of alkyl halides is 2. The molecule has 0 amide bonds. The van der Waals surface area contributed by atoms with Crippen LogP contribution in [0.15, 0.2) is 23.0 Å². The Morgan fingerprint density at radius 2 is 2.14 bits per heavy atom. The van der Waals surface area contributed by atoms with Crippen LogP contribution in [0.5, 0.6) is 11.5 Å². The predicted molar refractivity (Wildman–Crippen MR) is 110 cm³/mol. The third kappa shape index (κ3) is 4.03. The molecule has 0 radical (unpaired) electrons. The van der Waals surface area contributed by atoms with Gasteiger partial charge in [0.2, 0.25) is 0 Å². The van der Waals surface area contributed by atoms with Crippen molar-refractivity contribution in [2.75, 3.05) is 7.11 Å². The topological polar surface area (TPSA) is 64.2 Å². The molecular weight excluding hydrogens is 398 g/mol. The smallest absolute Gasteiger partial charge is 0.387 e. The molecule has 0 aliphatic heterocycles. The second-order valence-electron chi connectivity index (χ2n) is 7.11. The fourth-order valence-electron chi connectivity index (χ4n) is 3.60. The zero-order valence-corrected chi connectivity index (χ0v) is 16.8. The van der Waals surface area contributed by atoms with Gasteiger partial charge in [0.05, 0.1) is 12.5 Å². The van der Waals surface area contributed by atoms with E-state index in [1.165, 1.54) is 18.1 Å². The molecule has 152 valence electrons. The van der Waals surface area contributed by atoms with Crippen LogP contribution in [0, 0.1) is 5.92 Å². The van der Waals surface area contributed by atoms with E-state index in [0.29, 0.717) is 22.7 Å². The van der Waals surface area contributed by atoms with Crippen LogP contribution in [0.2, 0.25) is 0 Å². The molecule has 1 N–H and O–H groups in total. The molecule has 3 aromatic rings. The molecule has 0 spiro atoms. The molecule has 1 aliphatic carbocycles. The summed E-state index contributed by atoms with van der Waals surface area (Å²) in [5, 5.41) is 0.712. The van der Waals surface area contributed by atoms with Gasteiger partial charge in [-0.3, -0.25) is 4.79 Å². The Kier molecular flexibility index (Phi) is 5.36. The molecule has 0 saturated carbocycles. The molecule has 4 rings (SSSR count). The van der Waals surface area contributed by atoms with Crippen molar-refractivity contribution in [2.45, 2.75) is 32.8 Å². The molecule has 0 saturated heterocycles. The molecule has 0 fully saturated rings. The zero-order valence-electron chi connectivity index (χ0n) is 16.0. The number of methoxy groups -OCH3 is 1. The third-order valence-corrected chi connectivity index (χ3v) is 6.17. The monoisotopic (exact) mass is 418 g/mol. The summed E-state index contributed by atoms with van der Waals surface area (Å²) >= 11 is 1.59. The van der Waals surface area contributed by atoms with Crippen molar-refractivity contribution in [3.8, 4) is 11.5 Å². The number of H-pyrrole nitrogens is 1. The normalized spacial score (nSPS) is 16.5. The van der Waals surface area contributed by atoms with Crippen LogP contribution < -0.4 is 15.0 Å². The second kappa shape index (κ2) is 7.94. The second-order valence-corrected chi connectivity index (χ2v) is 8.19. The molecule has 29 heavy (non-hydrogen) atoms. The highest BCUT2D eigenvalue weighted by Crippen LogP contribution is 2.35. The Hall–Kier alpha value is -2.74. The van der Waals surface area contributed by atoms with Crippen molar-refractivity contribution in [3.63, 3.8) is 0 Å². The summed E-state index contributed by atoms with van der Waals surface area (Å²) in [6.45, 7) is -0.698. The number of aromatic nitrogens is 2. The third-order valence-electron chi connectivity index (χ3n) is 5.02. The van der Waals surface area contributed by atoms with E-state index in [1.54, 1.807) is 35.6 Å². The van der Waals surface area contributed by atoms with Gasteiger partial charge in [-0.05, 0) is 54.5 Å². The van der Waals surface area contributed by atoms with Crippen molar-refractivity contribution in [2.24, 2.45) is 5.92 Å². The maximum atomic E-state index is 12.6. The van der Waals surface area contributed by atoms with Gasteiger partial charge in [-0.15, -0.1) is 11.3 Å². The first-order valence-corrected chi connectivity index (χ1v) is 10.1. The van der Waals surface area contributed by atoms with Crippen molar-refractivity contribution in [1.82, 2.24) is 9.97 Å². The summed E-state index contributed by atoms with van der Waals surface area (Å²) in [7, 11) is 1.38. The molecular formula is C21H20F2N2O3S. The number of hydrogen-bond donors (Lipinski definition) is 1. The highest BCUT2D eigenvalue weighted by Gasteiger charge is 2.22. The number of nitrogens with one attached hydrogen (secondary N) is 1. The molecule has 1 aromatic carbocycles. The summed E-state index contributed by atoms with van der Waals surface area (Å²) in [5.74, 6) is 1.23. The number of nitrogens with zero attached hydrogens (tertiary/aromatic N) is 1. The average molecular weight is 418 g/mol. The Morgan fingerprint density at radius 1 is 1.31 bits per heavy atom. The minimum atomic E-state index is -2.93. The van der Waals surface area contributed by atoms with Gasteiger partial charge in [0.1, 0.15) is 10.7 Å². The lowest BCUT2D eigenvalue weighted by Gasteiger charge is -2.17. The van der Waals surface area contributed by atoms with E-state index in [0.717, 1.165) is 29.7 Å². The Labute approximate surface area is 170 Å². The number of hydrogen-bond acceptors (Lipinski definition) is 5. The highest BCUT2D eigenvalue weighted by atomic mass is 32.1. The fraction of sp³-hybridized carbons (Fsp3) is 0.333. The van der Waals surface area contributed by atoms with Crippen molar-refractivity contribution in [1.29, 1.82) is 0 Å². The lowest BCUT2D eigenvalue weighted by Crippen LogP contribution is -2.13. The maximum absolute atomic E-state index is 12.6. The maximum Gasteiger partial charge on any atom is 0.387 e. The van der Waals surface area contributed by atoms with Crippen molar-refractivity contribution < 1.29 is 18.3 Å². The molecule has 0 bridgehead atoms. The first-order chi connectivity index (χ1) is 13.9. The van der Waals surface area contributed by atoms with Gasteiger partial charge in [0.15, 0.2) is 11.5 Å². The van der Waals surface area contributed by atoms with Crippen LogP contribution in [-0.2, 0) is 12.8 Å². The first kappa shape index (κ1) is 19.6. The van der Waals surface area contributed by atoms with E-state index in [1.807, 2.05) is 0 Å². The number of thiophene rings is 1. The van der Waals surface area contributed by atoms with E-state index in [9.17, 15) is 13.6 Å². The minimum Gasteiger partial charge on any atom is -0.493 e. The molecule has 5 nitrogen and oxygen atoms in total. The SMILES string of the molecule is COc1cc(/C=C/c2nc3sc4c(c3c(=O)[nH]2)CC[C@H](C)C4)ccc1OC(F)F. The van der Waals surface area contributed by atoms with Crippen LogP contribution in [0.4, 0.5) is 8.78 Å². The van der Waals surface area contributed by atoms with E-state index >= 15 is 0 Å². The van der Waals surface area contributed by atoms with Gasteiger partial charge in [0.25, 0.3) is 5.56 Å². The van der Waals surface area contributed by atoms with Gasteiger partial charge in [-0.2, -0.15) is 8.78 Å². The van der Waals surface area contributed by atoms with Crippen LogP contribution in [0.3, 0.4) is 0 Å². The summed E-state index contributed by atoms with van der Waals surface area (Å²) in [6, 6.07) is 4.62. The first-order valence-electron chi connectivity index (χ1n) is 9.30. The summed E-state index contributed by atoms with van der Waals surface area (Å²) < 4.78 is 34.4. The Balaban J connectivity index is 1.64. The fourth-order valence-corrected chi connectivity index (χ4v) is 4.99. The largest absolute Gasteiger partial charge is 0.493 e. The lowest BCUT2D eigenvalue weighted by atomic mass is 9.89. The summed E-state index contributed by atoms with van der Waals surface area (Å²) in [6.07, 6.45) is 6.42. The number of aryl methyl sites for hydroxylation is 1. The minimum absolute atomic E-state index is 0.0361. The molecule has 2 aromatic heterocycles. The number of aromatic amines is 1.